The molecule has 86 heavy (non-hydrogen) atoms. The first-order valence-electron chi connectivity index (χ1n) is 32.4. The van der Waals surface area contributed by atoms with Gasteiger partial charge in [-0.25, -0.2) is 9.97 Å². The number of H-pyrrole nitrogens is 2. The van der Waals surface area contributed by atoms with Gasteiger partial charge >= 0.3 is 0 Å². The minimum absolute atomic E-state index is 0.202. The highest BCUT2D eigenvalue weighted by Crippen LogP contribution is 2.40. The van der Waals surface area contributed by atoms with E-state index >= 15 is 0 Å². The standard InChI is InChI=1S/C75H92N7O4/c1-8-9-10-11-12-13-14-15-52-83-57-24-16-53(17-25-57)72-64-32-34-66(76-64)73(54-18-26-58(27-19-54)84-61-40-46-80(2,3)47-41-61)68-36-38-70(78-68)75(56-22-30-60(31-23-56)86-63-44-50-82(6,7)51-45-63)71-39-37-69(79-71)74(67-35-33-65(72)77-67)55-20-28-59(29-21-55)85-62-42-48-81(4,5)49-43-62/h16-39,61-63,76-77H,8-15,40-52H2,1-7H3/q+3. The van der Waals surface area contributed by atoms with E-state index in [1.165, 1.54) is 44.9 Å². The summed E-state index contributed by atoms with van der Waals surface area (Å²) in [5.41, 5.74) is 15.4. The summed E-state index contributed by atoms with van der Waals surface area (Å²) < 4.78 is 29.5. The van der Waals surface area contributed by atoms with Crippen molar-refractivity contribution < 1.29 is 32.4 Å². The number of likely N-dealkylation sites (tertiary alicyclic amines) is 3. The maximum atomic E-state index is 6.67. The summed E-state index contributed by atoms with van der Waals surface area (Å²) in [5, 5.41) is 0. The molecule has 0 radical (unpaired) electrons. The van der Waals surface area contributed by atoms with Gasteiger partial charge in [0.25, 0.3) is 0 Å². The Bertz CT molecular complexity index is 3500. The lowest BCUT2D eigenvalue weighted by Gasteiger charge is -2.37. The Hall–Kier alpha value is -7.44. The molecule has 7 aromatic rings. The quantitative estimate of drug-likeness (QED) is 0.0583. The number of ether oxygens (including phenoxy) is 4. The Balaban J connectivity index is 0.986. The number of nitrogens with zero attached hydrogens (tertiary/aromatic N) is 5. The molecule has 0 spiro atoms. The smallest absolute Gasteiger partial charge is 0.119 e. The van der Waals surface area contributed by atoms with Crippen LogP contribution in [0.3, 0.4) is 0 Å². The lowest BCUT2D eigenvalue weighted by Crippen LogP contribution is -2.48. The van der Waals surface area contributed by atoms with Crippen LogP contribution < -0.4 is 18.9 Å². The van der Waals surface area contributed by atoms with Crippen LogP contribution in [0.4, 0.5) is 0 Å². The zero-order valence-corrected chi connectivity index (χ0v) is 52.3. The molecule has 448 valence electrons. The predicted molar refractivity (Wildman–Crippen MR) is 355 cm³/mol. The largest absolute Gasteiger partial charge is 0.494 e. The molecule has 2 N–H and O–H groups in total. The third kappa shape index (κ3) is 14.2. The molecule has 5 aliphatic rings. The fraction of sp³-hybridized carbons (Fsp3) is 0.413. The molecule has 0 amide bonds. The minimum atomic E-state index is 0.202. The van der Waals surface area contributed by atoms with Crippen LogP contribution in [-0.2, 0) is 0 Å². The number of hydrogen-bond acceptors (Lipinski definition) is 6. The van der Waals surface area contributed by atoms with E-state index in [9.17, 15) is 0 Å². The van der Waals surface area contributed by atoms with Gasteiger partial charge in [-0.05, 0) is 126 Å². The highest BCUT2D eigenvalue weighted by Gasteiger charge is 2.30. The van der Waals surface area contributed by atoms with Gasteiger partial charge in [0.05, 0.1) is 111 Å². The van der Waals surface area contributed by atoms with Crippen LogP contribution in [0.5, 0.6) is 23.0 Å². The zero-order chi connectivity index (χ0) is 59.3. The van der Waals surface area contributed by atoms with Crippen LogP contribution in [0.1, 0.15) is 120 Å². The molecule has 0 unspecified atom stereocenters. The second-order valence-corrected chi connectivity index (χ2v) is 27.0. The van der Waals surface area contributed by atoms with Crippen molar-refractivity contribution in [3.8, 4) is 67.5 Å². The Morgan fingerprint density at radius 1 is 0.349 bits per heavy atom. The molecule has 11 heteroatoms. The van der Waals surface area contributed by atoms with Gasteiger partial charge in [0, 0.05) is 82.8 Å². The molecule has 0 saturated carbocycles. The SMILES string of the molecule is CCCCCCCCCCOc1ccc(-c2c3ccc([nH]3)c(-c3ccc(OC4CC[N+](C)(C)CC4)cc3)c3nc(c(-c4ccc(OC5CC[N+](C)(C)CC5)cc4)c4nc(c(-c5ccc(OC6CC[N+](C)(C)CC6)cc5)c5ccc2[nH]5)C=C4)C=C3)cc1. The van der Waals surface area contributed by atoms with Gasteiger partial charge < -0.3 is 42.4 Å². The van der Waals surface area contributed by atoms with Crippen LogP contribution >= 0.6 is 0 Å². The number of aromatic amines is 2. The van der Waals surface area contributed by atoms with Gasteiger partial charge in [-0.2, -0.15) is 0 Å². The van der Waals surface area contributed by atoms with E-state index in [1.807, 2.05) is 0 Å². The number of quaternary nitrogens is 3. The first kappa shape index (κ1) is 58.9. The van der Waals surface area contributed by atoms with Crippen molar-refractivity contribution in [2.24, 2.45) is 0 Å². The van der Waals surface area contributed by atoms with Crippen molar-refractivity contribution in [2.75, 3.05) is 88.2 Å². The van der Waals surface area contributed by atoms with Gasteiger partial charge in [0.2, 0.25) is 0 Å². The van der Waals surface area contributed by atoms with E-state index in [0.717, 1.165) is 210 Å². The van der Waals surface area contributed by atoms with Crippen molar-refractivity contribution in [3.05, 3.63) is 144 Å². The van der Waals surface area contributed by atoms with E-state index < -0.39 is 0 Å². The van der Waals surface area contributed by atoms with E-state index in [1.54, 1.807) is 0 Å². The van der Waals surface area contributed by atoms with Crippen molar-refractivity contribution in [2.45, 2.75) is 115 Å². The molecule has 3 fully saturated rings. The first-order chi connectivity index (χ1) is 41.7. The molecular weight excluding hydrogens is 1060 g/mol. The second-order valence-electron chi connectivity index (χ2n) is 27.0. The second kappa shape index (κ2) is 25.9. The molecule has 0 atom stereocenters. The molecule has 8 bridgehead atoms. The lowest BCUT2D eigenvalue weighted by molar-refractivity contribution is -0.895. The third-order valence-electron chi connectivity index (χ3n) is 18.8. The number of rotatable bonds is 20. The van der Waals surface area contributed by atoms with Crippen molar-refractivity contribution in [1.29, 1.82) is 0 Å². The molecule has 11 nitrogen and oxygen atoms in total. The maximum absolute atomic E-state index is 6.67. The monoisotopic (exact) mass is 1150 g/mol. The number of benzene rings is 4. The summed E-state index contributed by atoms with van der Waals surface area (Å²) in [4.78, 5) is 19.2. The summed E-state index contributed by atoms with van der Waals surface area (Å²) >= 11 is 0. The highest BCUT2D eigenvalue weighted by molar-refractivity contribution is 6.00. The average Bonchev–Trinajstić information content (AvgIpc) is 2.50. The topological polar surface area (TPSA) is 94.3 Å². The summed E-state index contributed by atoms with van der Waals surface area (Å²) in [6, 6.07) is 43.4. The number of unbranched alkanes of at least 4 members (excludes halogenated alkanes) is 7. The Kier molecular flexibility index (Phi) is 17.7. The van der Waals surface area contributed by atoms with Gasteiger partial charge in [0.15, 0.2) is 0 Å². The summed E-state index contributed by atoms with van der Waals surface area (Å²) in [6.45, 7) is 9.66. The van der Waals surface area contributed by atoms with E-state index in [-0.39, 0.29) is 18.3 Å². The summed E-state index contributed by atoms with van der Waals surface area (Å²) in [6.07, 6.45) is 25.7. The molecule has 3 aromatic heterocycles. The van der Waals surface area contributed by atoms with E-state index in [2.05, 4.69) is 205 Å². The molecule has 0 aliphatic carbocycles. The molecule has 5 aliphatic heterocycles. The zero-order valence-electron chi connectivity index (χ0n) is 52.3. The van der Waals surface area contributed by atoms with Crippen molar-refractivity contribution in [3.63, 3.8) is 0 Å². The van der Waals surface area contributed by atoms with Crippen LogP contribution in [-0.4, -0.2) is 140 Å². The lowest BCUT2D eigenvalue weighted by atomic mass is 10.0. The fourth-order valence-electron chi connectivity index (χ4n) is 13.3. The van der Waals surface area contributed by atoms with Gasteiger partial charge in [0.1, 0.15) is 41.3 Å². The Labute approximate surface area is 511 Å². The number of fused-ring (bicyclic) bond motifs is 8. The van der Waals surface area contributed by atoms with E-state index in [4.69, 9.17) is 28.9 Å². The fourth-order valence-corrected chi connectivity index (χ4v) is 13.3. The number of aromatic nitrogens is 4. The Morgan fingerprint density at radius 2 is 0.640 bits per heavy atom. The van der Waals surface area contributed by atoms with Crippen molar-refractivity contribution in [1.82, 2.24) is 19.9 Å². The predicted octanol–water partition coefficient (Wildman–Crippen LogP) is 16.7. The van der Waals surface area contributed by atoms with Gasteiger partial charge in [-0.15, -0.1) is 0 Å². The number of piperidine rings is 3. The van der Waals surface area contributed by atoms with Gasteiger partial charge in [-0.3, -0.25) is 0 Å². The number of hydrogen-bond donors (Lipinski definition) is 2. The maximum Gasteiger partial charge on any atom is 0.119 e. The highest BCUT2D eigenvalue weighted by atomic mass is 16.5. The van der Waals surface area contributed by atoms with Crippen LogP contribution in [0.15, 0.2) is 121 Å². The average molecular weight is 1160 g/mol. The normalized spacial score (nSPS) is 17.6. The number of nitrogens with one attached hydrogen (secondary N) is 2. The summed E-state index contributed by atoms with van der Waals surface area (Å²) in [5.74, 6) is 3.55. The van der Waals surface area contributed by atoms with E-state index in [0.29, 0.717) is 6.61 Å². The minimum Gasteiger partial charge on any atom is -0.494 e. The van der Waals surface area contributed by atoms with Crippen molar-refractivity contribution >= 4 is 46.4 Å². The van der Waals surface area contributed by atoms with Crippen LogP contribution in [0.2, 0.25) is 0 Å². The van der Waals surface area contributed by atoms with Crippen LogP contribution in [0.25, 0.3) is 90.9 Å². The van der Waals surface area contributed by atoms with Gasteiger partial charge in [-0.1, -0.05) is 100 Å². The molecular formula is C75H92N7O4+3. The molecule has 4 aromatic carbocycles. The first-order valence-corrected chi connectivity index (χ1v) is 32.4. The molecule has 3 saturated heterocycles. The molecule has 12 rings (SSSR count). The van der Waals surface area contributed by atoms with Crippen LogP contribution in [0, 0.1) is 0 Å². The molecule has 8 heterocycles. The Morgan fingerprint density at radius 3 is 1.00 bits per heavy atom. The third-order valence-corrected chi connectivity index (χ3v) is 18.8. The summed E-state index contributed by atoms with van der Waals surface area (Å²) in [7, 11) is 13.9.